The third-order valence-corrected chi connectivity index (χ3v) is 13.9. The molecule has 10 rings (SSSR count). The van der Waals surface area contributed by atoms with E-state index in [1.165, 1.54) is 0 Å². The summed E-state index contributed by atoms with van der Waals surface area (Å²) < 4.78 is 13.4. The lowest BCUT2D eigenvalue weighted by molar-refractivity contribution is -0.158. The highest BCUT2D eigenvalue weighted by Crippen LogP contribution is 2.77. The van der Waals surface area contributed by atoms with Gasteiger partial charge in [0.25, 0.3) is 0 Å². The van der Waals surface area contributed by atoms with Crippen LogP contribution in [0.25, 0.3) is 0 Å². The van der Waals surface area contributed by atoms with Gasteiger partial charge < -0.3 is 35.2 Å². The number of hydrogen-bond acceptors (Lipinski definition) is 9. The summed E-state index contributed by atoms with van der Waals surface area (Å²) in [6.45, 7) is 11.4. The van der Waals surface area contributed by atoms with Gasteiger partial charge in [0.1, 0.15) is 6.10 Å². The molecule has 3 aliphatic heterocycles. The highest BCUT2D eigenvalue weighted by molar-refractivity contribution is 5.95. The Morgan fingerprint density at radius 2 is 1.69 bits per heavy atom. The SMILES string of the molecule is C=CCNC[C@]1(O)CC=C(C2C[C@@]3(O)C4N(CC=C)C45Cc4ccc(O)c6c4[C@@]3(C5)C(O6)C2=O)C2Oc3c(O)ccc4c3[C@@]21C[C@H](C)C4. The van der Waals surface area contributed by atoms with Crippen molar-refractivity contribution < 1.29 is 34.7 Å². The number of aromatic hydroxyl groups is 2. The molecule has 3 heterocycles. The second kappa shape index (κ2) is 8.93. The van der Waals surface area contributed by atoms with Crippen LogP contribution in [-0.2, 0) is 28.5 Å². The van der Waals surface area contributed by atoms with Crippen LogP contribution in [-0.4, -0.2) is 85.7 Å². The summed E-state index contributed by atoms with van der Waals surface area (Å²) in [6.07, 6.45) is 7.06. The van der Waals surface area contributed by atoms with Crippen molar-refractivity contribution in [2.24, 2.45) is 11.8 Å². The maximum Gasteiger partial charge on any atom is 0.181 e. The van der Waals surface area contributed by atoms with E-state index in [4.69, 9.17) is 9.47 Å². The fourth-order valence-electron chi connectivity index (χ4n) is 12.5. The van der Waals surface area contributed by atoms with E-state index in [2.05, 4.69) is 30.3 Å². The average molecular weight is 651 g/mol. The number of fused-ring (bicyclic) bond motifs is 1. The molecule has 2 saturated carbocycles. The number of likely N-dealkylation sites (tertiary alicyclic amines) is 1. The largest absolute Gasteiger partial charge is 0.504 e. The topological polar surface area (TPSA) is 131 Å². The zero-order valence-corrected chi connectivity index (χ0v) is 27.2. The van der Waals surface area contributed by atoms with Gasteiger partial charge >= 0.3 is 0 Å². The number of benzene rings is 2. The summed E-state index contributed by atoms with van der Waals surface area (Å²) in [5, 5.41) is 51.6. The first-order chi connectivity index (χ1) is 23.0. The van der Waals surface area contributed by atoms with Crippen molar-refractivity contribution >= 4 is 5.78 Å². The van der Waals surface area contributed by atoms with E-state index < -0.39 is 40.2 Å². The normalized spacial score (nSPS) is 44.4. The van der Waals surface area contributed by atoms with Crippen molar-refractivity contribution in [3.63, 3.8) is 0 Å². The molecule has 11 atom stereocenters. The van der Waals surface area contributed by atoms with Crippen molar-refractivity contribution in [2.45, 2.75) is 91.3 Å². The zero-order valence-electron chi connectivity index (χ0n) is 27.2. The van der Waals surface area contributed by atoms with Gasteiger partial charge in [0.15, 0.2) is 34.9 Å². The number of phenols is 2. The molecule has 6 unspecified atom stereocenters. The molecule has 48 heavy (non-hydrogen) atoms. The number of ketones is 1. The van der Waals surface area contributed by atoms with Gasteiger partial charge in [0.2, 0.25) is 0 Å². The second-order valence-corrected chi connectivity index (χ2v) is 16.1. The molecule has 5 N–H and O–H groups in total. The molecular formula is C39H42N2O7. The third-order valence-electron chi connectivity index (χ3n) is 13.9. The minimum atomic E-state index is -1.32. The standard InChI is InChI=1S/C39H42N2O7/c1-4-12-40-19-36(45)11-10-23(32-37(36)15-20(3)14-21-6-8-25(42)30(47-32)27(21)37)24-17-39(46)34-35(41(34)13-5-2)16-22-7-9-26(43)31-28(22)38(39,18-35)33(48-31)29(24)44/h4-10,20,24,32-34,40,42-43,45-46H,1-2,11-19H2,3H3/t20-,24?,32?,33?,34?,35?,36-,37+,38+,39-,41?/m1/s1. The second-order valence-electron chi connectivity index (χ2n) is 16.1. The first kappa shape index (κ1) is 29.3. The molecule has 0 amide bonds. The fraction of sp³-hybridized carbons (Fsp3) is 0.513. The molecular weight excluding hydrogens is 608 g/mol. The van der Waals surface area contributed by atoms with Crippen LogP contribution in [0.15, 0.2) is 61.2 Å². The molecule has 3 spiro atoms. The number of carbonyl (C=O) groups is 1. The van der Waals surface area contributed by atoms with E-state index in [0.29, 0.717) is 43.9 Å². The molecule has 3 fully saturated rings. The zero-order chi connectivity index (χ0) is 33.2. The van der Waals surface area contributed by atoms with Crippen LogP contribution in [0.2, 0.25) is 0 Å². The number of phenolic OH excluding ortho intramolecular Hbond substituents is 2. The molecule has 5 aliphatic carbocycles. The predicted molar refractivity (Wildman–Crippen MR) is 176 cm³/mol. The van der Waals surface area contributed by atoms with Crippen molar-refractivity contribution in [3.05, 3.63) is 83.5 Å². The first-order valence-corrected chi connectivity index (χ1v) is 17.4. The summed E-state index contributed by atoms with van der Waals surface area (Å²) in [4.78, 5) is 17.4. The summed E-state index contributed by atoms with van der Waals surface area (Å²) in [5.74, 6) is 0.0519. The Bertz CT molecular complexity index is 1910. The number of Topliss-reactive ketones (excluding diaryl/α,β-unsaturated/α-hetero) is 1. The van der Waals surface area contributed by atoms with E-state index in [-0.39, 0.29) is 54.2 Å². The van der Waals surface area contributed by atoms with Gasteiger partial charge in [0.05, 0.1) is 28.1 Å². The lowest BCUT2D eigenvalue weighted by Gasteiger charge is -2.56. The number of aliphatic hydroxyl groups is 2. The number of hydrogen-bond donors (Lipinski definition) is 5. The van der Waals surface area contributed by atoms with Gasteiger partial charge in [-0.25, -0.2) is 0 Å². The average Bonchev–Trinajstić information content (AvgIpc) is 3.30. The number of piperidine rings is 1. The minimum absolute atomic E-state index is 0.00890. The molecule has 0 radical (unpaired) electrons. The Labute approximate surface area is 279 Å². The van der Waals surface area contributed by atoms with Crippen LogP contribution in [0.3, 0.4) is 0 Å². The Kier molecular flexibility index (Phi) is 5.45. The van der Waals surface area contributed by atoms with E-state index in [0.717, 1.165) is 34.2 Å². The van der Waals surface area contributed by atoms with Crippen molar-refractivity contribution in [1.82, 2.24) is 10.2 Å². The van der Waals surface area contributed by atoms with Crippen LogP contribution in [0.4, 0.5) is 0 Å². The number of nitrogens with one attached hydrogen (secondary N) is 1. The van der Waals surface area contributed by atoms with Crippen LogP contribution < -0.4 is 14.8 Å². The summed E-state index contributed by atoms with van der Waals surface area (Å²) in [6, 6.07) is 6.99. The molecule has 8 aliphatic rings. The number of rotatable bonds is 7. The quantitative estimate of drug-likeness (QED) is 0.174. The molecule has 9 heteroatoms. The van der Waals surface area contributed by atoms with Crippen LogP contribution >= 0.6 is 0 Å². The van der Waals surface area contributed by atoms with Gasteiger partial charge in [-0.05, 0) is 73.3 Å². The molecule has 9 nitrogen and oxygen atoms in total. The number of nitrogens with zero attached hydrogens (tertiary/aromatic N) is 1. The Balaban J connectivity index is 1.14. The monoisotopic (exact) mass is 650 g/mol. The van der Waals surface area contributed by atoms with Gasteiger partial charge in [-0.15, -0.1) is 13.2 Å². The van der Waals surface area contributed by atoms with E-state index in [1.54, 1.807) is 18.2 Å². The van der Waals surface area contributed by atoms with Gasteiger partial charge in [-0.1, -0.05) is 37.3 Å². The lowest BCUT2D eigenvalue weighted by Crippen LogP contribution is -2.69. The molecule has 2 bridgehead atoms. The lowest BCUT2D eigenvalue weighted by atomic mass is 9.49. The summed E-state index contributed by atoms with van der Waals surface area (Å²) in [7, 11) is 0. The molecule has 250 valence electrons. The Morgan fingerprint density at radius 3 is 2.42 bits per heavy atom. The third kappa shape index (κ3) is 2.97. The molecule has 1 saturated heterocycles. The van der Waals surface area contributed by atoms with Crippen molar-refractivity contribution in [3.8, 4) is 23.0 Å². The highest BCUT2D eigenvalue weighted by Gasteiger charge is 2.89. The highest BCUT2D eigenvalue weighted by atomic mass is 16.5. The first-order valence-electron chi connectivity index (χ1n) is 17.4. The maximum atomic E-state index is 15.1. The van der Waals surface area contributed by atoms with Gasteiger partial charge in [-0.3, -0.25) is 9.69 Å². The number of ether oxygens (including phenoxy) is 2. The summed E-state index contributed by atoms with van der Waals surface area (Å²) >= 11 is 0. The minimum Gasteiger partial charge on any atom is -0.504 e. The molecule has 2 aromatic rings. The predicted octanol–water partition coefficient (Wildman–Crippen LogP) is 3.10. The van der Waals surface area contributed by atoms with E-state index >= 15 is 4.79 Å². The van der Waals surface area contributed by atoms with Crippen LogP contribution in [0.5, 0.6) is 23.0 Å². The number of carbonyl (C=O) groups excluding carboxylic acids is 1. The molecule has 2 aromatic carbocycles. The van der Waals surface area contributed by atoms with Crippen molar-refractivity contribution in [2.75, 3.05) is 19.6 Å². The van der Waals surface area contributed by atoms with Gasteiger partial charge in [0, 0.05) is 42.2 Å². The summed E-state index contributed by atoms with van der Waals surface area (Å²) in [5.41, 5.74) is -0.370. The Morgan fingerprint density at radius 1 is 0.979 bits per heavy atom. The fourth-order valence-corrected chi connectivity index (χ4v) is 12.5. The van der Waals surface area contributed by atoms with E-state index in [9.17, 15) is 20.4 Å². The Hall–Kier alpha value is -3.63. The maximum absolute atomic E-state index is 15.1. The van der Waals surface area contributed by atoms with Crippen molar-refractivity contribution in [1.29, 1.82) is 0 Å². The molecule has 0 aromatic heterocycles. The van der Waals surface area contributed by atoms with Gasteiger partial charge in [-0.2, -0.15) is 0 Å². The smallest absolute Gasteiger partial charge is 0.181 e. The van der Waals surface area contributed by atoms with Crippen LogP contribution in [0, 0.1) is 11.8 Å². The van der Waals surface area contributed by atoms with E-state index in [1.807, 2.05) is 24.3 Å². The van der Waals surface area contributed by atoms with Crippen LogP contribution in [0.1, 0.15) is 54.9 Å².